The fourth-order valence-electron chi connectivity index (χ4n) is 2.06. The standard InChI is InChI=1S/C17H18BrN3O4S/c1-23-13-5-4-11(8-14(13)24-2)20-17(26)21-19-9-10-6-12(18)16(22)15(7-10)25-3/h4-9,22H,1-3H3,(H2,20,21,26). The molecule has 0 amide bonds. The summed E-state index contributed by atoms with van der Waals surface area (Å²) in [6.07, 6.45) is 1.55. The molecule has 0 unspecified atom stereocenters. The third-order valence-corrected chi connectivity index (χ3v) is 4.09. The lowest BCUT2D eigenvalue weighted by Crippen LogP contribution is -2.23. The highest BCUT2D eigenvalue weighted by Crippen LogP contribution is 2.34. The van der Waals surface area contributed by atoms with Gasteiger partial charge in [-0.1, -0.05) is 0 Å². The van der Waals surface area contributed by atoms with E-state index in [-0.39, 0.29) is 5.75 Å². The van der Waals surface area contributed by atoms with E-state index in [0.717, 1.165) is 5.69 Å². The van der Waals surface area contributed by atoms with E-state index in [0.29, 0.717) is 32.4 Å². The zero-order valence-corrected chi connectivity index (χ0v) is 16.8. The summed E-state index contributed by atoms with van der Waals surface area (Å²) in [5, 5.41) is 17.2. The maximum Gasteiger partial charge on any atom is 0.191 e. The second-order valence-corrected chi connectivity index (χ2v) is 6.21. The predicted molar refractivity (Wildman–Crippen MR) is 109 cm³/mol. The van der Waals surface area contributed by atoms with Crippen LogP contribution in [-0.4, -0.2) is 37.8 Å². The Labute approximate surface area is 165 Å². The number of nitrogens with zero attached hydrogens (tertiary/aromatic N) is 1. The first-order valence-corrected chi connectivity index (χ1v) is 8.57. The largest absolute Gasteiger partial charge is 0.503 e. The molecule has 0 saturated heterocycles. The number of hydrogen-bond acceptors (Lipinski definition) is 6. The lowest BCUT2D eigenvalue weighted by atomic mass is 10.2. The Balaban J connectivity index is 2.01. The molecule has 0 spiro atoms. The van der Waals surface area contributed by atoms with Crippen LogP contribution < -0.4 is 25.0 Å². The van der Waals surface area contributed by atoms with Gasteiger partial charge in [0.1, 0.15) is 0 Å². The highest BCUT2D eigenvalue weighted by atomic mass is 79.9. The van der Waals surface area contributed by atoms with E-state index >= 15 is 0 Å². The second-order valence-electron chi connectivity index (χ2n) is 4.95. The van der Waals surface area contributed by atoms with Gasteiger partial charge < -0.3 is 24.6 Å². The number of hydrazone groups is 1. The topological polar surface area (TPSA) is 84.3 Å². The highest BCUT2D eigenvalue weighted by Gasteiger charge is 2.08. The molecule has 2 aromatic rings. The smallest absolute Gasteiger partial charge is 0.191 e. The summed E-state index contributed by atoms with van der Waals surface area (Å²) < 4.78 is 16.0. The van der Waals surface area contributed by atoms with Gasteiger partial charge in [0.05, 0.1) is 32.0 Å². The van der Waals surface area contributed by atoms with Crippen molar-refractivity contribution in [2.75, 3.05) is 26.6 Å². The lowest BCUT2D eigenvalue weighted by molar-refractivity contribution is 0.355. The Hall–Kier alpha value is -2.52. The molecular weight excluding hydrogens is 422 g/mol. The normalized spacial score (nSPS) is 10.5. The van der Waals surface area contributed by atoms with Crippen molar-refractivity contribution in [3.05, 3.63) is 40.4 Å². The number of phenolic OH excluding ortho intramolecular Hbond substituents is 1. The Morgan fingerprint density at radius 3 is 2.42 bits per heavy atom. The molecule has 9 heteroatoms. The Bertz CT molecular complexity index is 830. The number of ether oxygens (including phenoxy) is 3. The molecule has 7 nitrogen and oxygen atoms in total. The predicted octanol–water partition coefficient (Wildman–Crippen LogP) is 3.50. The van der Waals surface area contributed by atoms with E-state index in [1.165, 1.54) is 7.11 Å². The molecule has 0 aromatic heterocycles. The monoisotopic (exact) mass is 439 g/mol. The van der Waals surface area contributed by atoms with Crippen molar-refractivity contribution in [3.8, 4) is 23.0 Å². The molecule has 0 saturated carbocycles. The number of methoxy groups -OCH3 is 3. The van der Waals surface area contributed by atoms with Gasteiger partial charge in [0.25, 0.3) is 0 Å². The van der Waals surface area contributed by atoms with Gasteiger partial charge in [0, 0.05) is 11.8 Å². The van der Waals surface area contributed by atoms with Crippen LogP contribution in [0.15, 0.2) is 39.9 Å². The van der Waals surface area contributed by atoms with Gasteiger partial charge in [-0.25, -0.2) is 0 Å². The third kappa shape index (κ3) is 4.99. The van der Waals surface area contributed by atoms with E-state index < -0.39 is 0 Å². The van der Waals surface area contributed by atoms with Crippen LogP contribution in [0.3, 0.4) is 0 Å². The molecular formula is C17H18BrN3O4S. The average Bonchev–Trinajstić information content (AvgIpc) is 2.64. The second kappa shape index (κ2) is 9.25. The maximum atomic E-state index is 9.80. The minimum absolute atomic E-state index is 0.0308. The average molecular weight is 440 g/mol. The van der Waals surface area contributed by atoms with Crippen LogP contribution in [0.2, 0.25) is 0 Å². The molecule has 0 heterocycles. The van der Waals surface area contributed by atoms with Gasteiger partial charge >= 0.3 is 0 Å². The lowest BCUT2D eigenvalue weighted by Gasteiger charge is -2.11. The molecule has 0 bridgehead atoms. The fourth-order valence-corrected chi connectivity index (χ4v) is 2.69. The van der Waals surface area contributed by atoms with Crippen molar-refractivity contribution in [2.45, 2.75) is 0 Å². The van der Waals surface area contributed by atoms with E-state index in [4.69, 9.17) is 26.4 Å². The molecule has 138 valence electrons. The van der Waals surface area contributed by atoms with E-state index in [2.05, 4.69) is 31.8 Å². The summed E-state index contributed by atoms with van der Waals surface area (Å²) in [6, 6.07) is 8.69. The molecule has 0 aliphatic carbocycles. The molecule has 0 atom stereocenters. The first kappa shape index (κ1) is 19.8. The number of nitrogens with one attached hydrogen (secondary N) is 2. The van der Waals surface area contributed by atoms with Crippen LogP contribution in [0, 0.1) is 0 Å². The zero-order chi connectivity index (χ0) is 19.1. The van der Waals surface area contributed by atoms with Gasteiger partial charge in [-0.05, 0) is 58.0 Å². The molecule has 26 heavy (non-hydrogen) atoms. The minimum atomic E-state index is 0.0308. The quantitative estimate of drug-likeness (QED) is 0.360. The van der Waals surface area contributed by atoms with Crippen LogP contribution in [-0.2, 0) is 0 Å². The summed E-state index contributed by atoms with van der Waals surface area (Å²) in [6.45, 7) is 0. The number of halogens is 1. The molecule has 0 radical (unpaired) electrons. The van der Waals surface area contributed by atoms with Crippen molar-refractivity contribution in [2.24, 2.45) is 5.10 Å². The van der Waals surface area contributed by atoms with Gasteiger partial charge in [-0.2, -0.15) is 5.10 Å². The highest BCUT2D eigenvalue weighted by molar-refractivity contribution is 9.10. The Morgan fingerprint density at radius 1 is 1.08 bits per heavy atom. The fraction of sp³-hybridized carbons (Fsp3) is 0.176. The Morgan fingerprint density at radius 2 is 1.77 bits per heavy atom. The number of phenols is 1. The van der Waals surface area contributed by atoms with Crippen LogP contribution in [0.5, 0.6) is 23.0 Å². The molecule has 2 aromatic carbocycles. The van der Waals surface area contributed by atoms with Gasteiger partial charge in [0.2, 0.25) is 0 Å². The summed E-state index contributed by atoms with van der Waals surface area (Å²) >= 11 is 8.46. The number of aromatic hydroxyl groups is 1. The summed E-state index contributed by atoms with van der Waals surface area (Å²) in [7, 11) is 4.61. The van der Waals surface area contributed by atoms with E-state index in [1.54, 1.807) is 50.8 Å². The van der Waals surface area contributed by atoms with Crippen LogP contribution in [0.4, 0.5) is 5.69 Å². The van der Waals surface area contributed by atoms with Crippen molar-refractivity contribution in [1.29, 1.82) is 0 Å². The molecule has 2 rings (SSSR count). The zero-order valence-electron chi connectivity index (χ0n) is 14.4. The van der Waals surface area contributed by atoms with E-state index in [1.807, 2.05) is 0 Å². The molecule has 3 N–H and O–H groups in total. The summed E-state index contributed by atoms with van der Waals surface area (Å²) in [4.78, 5) is 0. The van der Waals surface area contributed by atoms with E-state index in [9.17, 15) is 5.11 Å². The summed E-state index contributed by atoms with van der Waals surface area (Å²) in [5.74, 6) is 1.58. The number of hydrogen-bond donors (Lipinski definition) is 3. The maximum absolute atomic E-state index is 9.80. The first-order chi connectivity index (χ1) is 12.5. The van der Waals surface area contributed by atoms with Crippen molar-refractivity contribution in [3.63, 3.8) is 0 Å². The van der Waals surface area contributed by atoms with Crippen molar-refractivity contribution < 1.29 is 19.3 Å². The van der Waals surface area contributed by atoms with Gasteiger partial charge in [-0.15, -0.1) is 0 Å². The molecule has 0 aliphatic heterocycles. The SMILES string of the molecule is COc1ccc(NC(=S)NN=Cc2cc(Br)c(O)c(OC)c2)cc1OC. The van der Waals surface area contributed by atoms with Crippen LogP contribution in [0.25, 0.3) is 0 Å². The van der Waals surface area contributed by atoms with Crippen molar-refractivity contribution in [1.82, 2.24) is 5.43 Å². The number of anilines is 1. The first-order valence-electron chi connectivity index (χ1n) is 7.37. The van der Waals surface area contributed by atoms with Crippen LogP contribution in [0.1, 0.15) is 5.56 Å². The number of rotatable bonds is 6. The number of thiocarbonyl (C=S) groups is 1. The number of benzene rings is 2. The van der Waals surface area contributed by atoms with Gasteiger partial charge in [0.15, 0.2) is 28.1 Å². The molecule has 0 aliphatic rings. The third-order valence-electron chi connectivity index (χ3n) is 3.29. The minimum Gasteiger partial charge on any atom is -0.503 e. The van der Waals surface area contributed by atoms with Crippen molar-refractivity contribution >= 4 is 45.2 Å². The molecule has 0 fully saturated rings. The Kier molecular flexibility index (Phi) is 7.05. The van der Waals surface area contributed by atoms with Gasteiger partial charge in [-0.3, -0.25) is 5.43 Å². The summed E-state index contributed by atoms with van der Waals surface area (Å²) in [5.41, 5.74) is 4.16. The van der Waals surface area contributed by atoms with Crippen LogP contribution >= 0.6 is 28.1 Å².